The number of hydrogen-bond donors (Lipinski definition) is 1. The molecule has 0 radical (unpaired) electrons. The van der Waals surface area contributed by atoms with Crippen molar-refractivity contribution >= 4 is 0 Å². The Morgan fingerprint density at radius 3 is 2.43 bits per heavy atom. The van der Waals surface area contributed by atoms with Gasteiger partial charge in [0.05, 0.1) is 11.6 Å². The molecule has 6 heteroatoms. The highest BCUT2D eigenvalue weighted by Gasteiger charge is 2.40. The molecule has 1 atom stereocenters. The van der Waals surface area contributed by atoms with Crippen molar-refractivity contribution in [3.63, 3.8) is 0 Å². The van der Waals surface area contributed by atoms with Crippen LogP contribution in [0.3, 0.4) is 0 Å². The summed E-state index contributed by atoms with van der Waals surface area (Å²) in [5.74, 6) is -0.0900. The zero-order chi connectivity index (χ0) is 19.6. The smallest absolute Gasteiger partial charge is 0.178 e. The van der Waals surface area contributed by atoms with E-state index in [0.717, 1.165) is 11.6 Å². The predicted octanol–water partition coefficient (Wildman–Crippen LogP) is 4.03. The van der Waals surface area contributed by atoms with Crippen molar-refractivity contribution in [1.82, 2.24) is 9.97 Å². The number of rotatable bonds is 4. The molecule has 0 bridgehead atoms. The lowest BCUT2D eigenvalue weighted by Crippen LogP contribution is -2.30. The average Bonchev–Trinajstić information content (AvgIpc) is 3.25. The van der Waals surface area contributed by atoms with E-state index >= 15 is 0 Å². The summed E-state index contributed by atoms with van der Waals surface area (Å²) in [6.45, 7) is 0. The number of aliphatic hydroxyl groups is 1. The molecule has 0 aliphatic heterocycles. The highest BCUT2D eigenvalue weighted by Crippen LogP contribution is 2.39. The molecule has 0 spiro atoms. The van der Waals surface area contributed by atoms with Gasteiger partial charge in [0.15, 0.2) is 5.60 Å². The van der Waals surface area contributed by atoms with E-state index in [2.05, 4.69) is 9.97 Å². The van der Waals surface area contributed by atoms with Crippen molar-refractivity contribution < 1.29 is 13.9 Å². The lowest BCUT2D eigenvalue weighted by Gasteiger charge is -2.27. The lowest BCUT2D eigenvalue weighted by molar-refractivity contribution is 0.0950. The average molecular weight is 371 g/mol. The Morgan fingerprint density at radius 2 is 1.75 bits per heavy atom. The second kappa shape index (κ2) is 7.06. The molecule has 0 saturated carbocycles. The number of furan rings is 1. The van der Waals surface area contributed by atoms with E-state index in [-0.39, 0.29) is 22.5 Å². The highest BCUT2D eigenvalue weighted by molar-refractivity contribution is 5.58. The highest BCUT2D eigenvalue weighted by atomic mass is 19.1. The zero-order valence-corrected chi connectivity index (χ0v) is 14.6. The van der Waals surface area contributed by atoms with Crippen LogP contribution in [0, 0.1) is 17.1 Å². The van der Waals surface area contributed by atoms with Gasteiger partial charge in [-0.1, -0.05) is 36.4 Å². The van der Waals surface area contributed by atoms with Crippen molar-refractivity contribution in [2.45, 2.75) is 5.60 Å². The Hall–Kier alpha value is -3.82. The molecule has 1 N–H and O–H groups in total. The van der Waals surface area contributed by atoms with Gasteiger partial charge in [-0.05, 0) is 24.3 Å². The van der Waals surface area contributed by atoms with Gasteiger partial charge in [0.2, 0.25) is 0 Å². The molecule has 0 aliphatic rings. The molecule has 0 aliphatic carbocycles. The van der Waals surface area contributed by atoms with Crippen LogP contribution in [0.2, 0.25) is 0 Å². The minimum Gasteiger partial charge on any atom is -0.457 e. The van der Waals surface area contributed by atoms with E-state index in [0.29, 0.717) is 5.76 Å². The monoisotopic (exact) mass is 371 g/mol. The quantitative estimate of drug-likeness (QED) is 0.586. The van der Waals surface area contributed by atoms with Gasteiger partial charge in [0, 0.05) is 29.1 Å². The third-order valence-corrected chi connectivity index (χ3v) is 4.49. The van der Waals surface area contributed by atoms with Gasteiger partial charge in [0.25, 0.3) is 0 Å². The largest absolute Gasteiger partial charge is 0.457 e. The third-order valence-electron chi connectivity index (χ3n) is 4.49. The maximum Gasteiger partial charge on any atom is 0.178 e. The number of hydrogen-bond acceptors (Lipinski definition) is 5. The molecule has 1 unspecified atom stereocenters. The van der Waals surface area contributed by atoms with E-state index in [4.69, 9.17) is 9.68 Å². The first-order valence-corrected chi connectivity index (χ1v) is 8.46. The SMILES string of the molecule is N#Cc1ccc(C(O)(c2cncnc2)c2ccc(-c3ccccc3)o2)c(F)c1. The molecule has 4 aromatic rings. The second-order valence-electron chi connectivity index (χ2n) is 6.17. The summed E-state index contributed by atoms with van der Waals surface area (Å²) < 4.78 is 20.8. The molecule has 0 fully saturated rings. The number of aromatic nitrogens is 2. The second-order valence-corrected chi connectivity index (χ2v) is 6.17. The van der Waals surface area contributed by atoms with Crippen molar-refractivity contribution in [2.75, 3.05) is 0 Å². The van der Waals surface area contributed by atoms with Crippen LogP contribution in [0.5, 0.6) is 0 Å². The molecule has 2 aromatic carbocycles. The van der Waals surface area contributed by atoms with Crippen LogP contribution in [0.25, 0.3) is 11.3 Å². The minimum atomic E-state index is -1.97. The van der Waals surface area contributed by atoms with E-state index < -0.39 is 11.4 Å². The predicted molar refractivity (Wildman–Crippen MR) is 99.4 cm³/mol. The van der Waals surface area contributed by atoms with Gasteiger partial charge in [-0.2, -0.15) is 5.26 Å². The summed E-state index contributed by atoms with van der Waals surface area (Å²) >= 11 is 0. The Labute approximate surface area is 160 Å². The molecule has 2 heterocycles. The van der Waals surface area contributed by atoms with Crippen LogP contribution in [0.15, 0.2) is 83.8 Å². The zero-order valence-electron chi connectivity index (χ0n) is 14.6. The maximum atomic E-state index is 14.8. The van der Waals surface area contributed by atoms with Crippen LogP contribution in [0.1, 0.15) is 22.5 Å². The van der Waals surface area contributed by atoms with Gasteiger partial charge < -0.3 is 9.52 Å². The summed E-state index contributed by atoms with van der Waals surface area (Å²) in [5, 5.41) is 20.6. The molecule has 28 heavy (non-hydrogen) atoms. The van der Waals surface area contributed by atoms with Crippen LogP contribution in [0.4, 0.5) is 4.39 Å². The van der Waals surface area contributed by atoms with E-state index in [1.807, 2.05) is 36.4 Å². The van der Waals surface area contributed by atoms with Crippen molar-refractivity contribution in [2.24, 2.45) is 0 Å². The van der Waals surface area contributed by atoms with E-state index in [1.165, 1.54) is 30.9 Å². The normalized spacial score (nSPS) is 12.9. The Bertz CT molecular complexity index is 1150. The molecule has 136 valence electrons. The van der Waals surface area contributed by atoms with Crippen molar-refractivity contribution in [3.8, 4) is 17.4 Å². The Kier molecular flexibility index (Phi) is 4.44. The van der Waals surface area contributed by atoms with Gasteiger partial charge in [-0.25, -0.2) is 14.4 Å². The van der Waals surface area contributed by atoms with E-state index in [1.54, 1.807) is 12.1 Å². The van der Waals surface area contributed by atoms with Crippen LogP contribution in [-0.4, -0.2) is 15.1 Å². The number of nitrogens with zero attached hydrogens (tertiary/aromatic N) is 3. The molecule has 0 saturated heterocycles. The first-order valence-electron chi connectivity index (χ1n) is 8.46. The fourth-order valence-electron chi connectivity index (χ4n) is 3.08. The van der Waals surface area contributed by atoms with Gasteiger partial charge in [0.1, 0.15) is 23.7 Å². The summed E-state index contributed by atoms with van der Waals surface area (Å²) in [6.07, 6.45) is 4.11. The molecule has 4 rings (SSSR count). The fraction of sp³-hybridized carbons (Fsp3) is 0.0455. The minimum absolute atomic E-state index is 0.0599. The van der Waals surface area contributed by atoms with Crippen LogP contribution < -0.4 is 0 Å². The lowest BCUT2D eigenvalue weighted by atomic mass is 9.85. The van der Waals surface area contributed by atoms with Crippen LogP contribution >= 0.6 is 0 Å². The number of nitriles is 1. The summed E-state index contributed by atoms with van der Waals surface area (Å²) in [7, 11) is 0. The molecular formula is C22H14FN3O2. The summed E-state index contributed by atoms with van der Waals surface area (Å²) in [4.78, 5) is 7.89. The Morgan fingerprint density at radius 1 is 1.00 bits per heavy atom. The molecular weight excluding hydrogens is 357 g/mol. The standard InChI is InChI=1S/C22H14FN3O2/c23-19-10-15(11-24)6-7-18(19)22(27,17-12-25-14-26-13-17)21-9-8-20(28-21)16-4-2-1-3-5-16/h1-10,12-14,27H. The number of benzene rings is 2. The van der Waals surface area contributed by atoms with Gasteiger partial charge in [-0.3, -0.25) is 0 Å². The van der Waals surface area contributed by atoms with Gasteiger partial charge >= 0.3 is 0 Å². The van der Waals surface area contributed by atoms with Crippen LogP contribution in [-0.2, 0) is 5.60 Å². The summed E-state index contributed by atoms with van der Waals surface area (Å²) in [5.41, 5.74) is -0.812. The molecule has 2 aromatic heterocycles. The number of halogens is 1. The molecule has 5 nitrogen and oxygen atoms in total. The maximum absolute atomic E-state index is 14.8. The summed E-state index contributed by atoms with van der Waals surface area (Å²) in [6, 6.07) is 18.4. The molecule has 0 amide bonds. The Balaban J connectivity index is 1.91. The topological polar surface area (TPSA) is 82.9 Å². The first-order chi connectivity index (χ1) is 13.6. The van der Waals surface area contributed by atoms with Crippen molar-refractivity contribution in [3.05, 3.63) is 108 Å². The van der Waals surface area contributed by atoms with E-state index in [9.17, 15) is 9.50 Å². The van der Waals surface area contributed by atoms with Gasteiger partial charge in [-0.15, -0.1) is 0 Å². The van der Waals surface area contributed by atoms with Crippen molar-refractivity contribution in [1.29, 1.82) is 5.26 Å². The third kappa shape index (κ3) is 2.94. The first kappa shape index (κ1) is 17.6. The fourth-order valence-corrected chi connectivity index (χ4v) is 3.08.